The Balaban J connectivity index is 2.67. The van der Waals surface area contributed by atoms with Crippen molar-refractivity contribution in [1.29, 1.82) is 0 Å². The van der Waals surface area contributed by atoms with Gasteiger partial charge in [0.2, 0.25) is 0 Å². The normalized spacial score (nSPS) is 24.9. The van der Waals surface area contributed by atoms with E-state index in [1.54, 1.807) is 0 Å². The third-order valence-corrected chi connectivity index (χ3v) is 11.4. The van der Waals surface area contributed by atoms with Gasteiger partial charge in [0.15, 0.2) is 0 Å². The molecule has 0 radical (unpaired) electrons. The molecule has 0 aliphatic heterocycles. The van der Waals surface area contributed by atoms with Crippen LogP contribution in [0.3, 0.4) is 0 Å². The fourth-order valence-corrected chi connectivity index (χ4v) is 7.54. The van der Waals surface area contributed by atoms with E-state index in [1.807, 2.05) is 6.07 Å². The summed E-state index contributed by atoms with van der Waals surface area (Å²) in [5.74, 6) is 0. The van der Waals surface area contributed by atoms with Crippen LogP contribution in [-0.4, -0.2) is 0 Å². The molecule has 0 nitrogen and oxygen atoms in total. The first-order valence-electron chi connectivity index (χ1n) is 5.83. The van der Waals surface area contributed by atoms with Gasteiger partial charge >= 0.3 is 123 Å². The summed E-state index contributed by atoms with van der Waals surface area (Å²) in [7, 11) is 12.9. The zero-order valence-corrected chi connectivity index (χ0v) is 14.9. The second kappa shape index (κ2) is 5.13. The van der Waals surface area contributed by atoms with Crippen LogP contribution in [0.15, 0.2) is 47.1 Å². The molecule has 100 valence electrons. The van der Waals surface area contributed by atoms with E-state index in [1.165, 1.54) is 27.9 Å². The molecule has 1 unspecified atom stereocenters. The summed E-state index contributed by atoms with van der Waals surface area (Å²) in [6.45, 7) is 8.74. The van der Waals surface area contributed by atoms with Gasteiger partial charge in [0.05, 0.1) is 0 Å². The quantitative estimate of drug-likeness (QED) is 0.515. The molecule has 0 heterocycles. The number of benzene rings is 1. The maximum atomic E-state index is 6.46. The van der Waals surface area contributed by atoms with Crippen LogP contribution in [0.25, 0.3) is 5.57 Å². The fraction of sp³-hybridized carbons (Fsp3) is 0.333. The Hall–Kier alpha value is -0.0706. The van der Waals surface area contributed by atoms with E-state index in [-0.39, 0.29) is 3.93 Å². The van der Waals surface area contributed by atoms with E-state index in [0.717, 1.165) is 0 Å². The van der Waals surface area contributed by atoms with Crippen LogP contribution in [-0.2, 0) is 14.5 Å². The minimum absolute atomic E-state index is 0.126. The van der Waals surface area contributed by atoms with Crippen molar-refractivity contribution in [2.24, 2.45) is 0 Å². The van der Waals surface area contributed by atoms with Crippen LogP contribution < -0.4 is 0 Å². The molecule has 0 N–H and O–H groups in total. The molecule has 0 fully saturated rings. The Morgan fingerprint density at radius 2 is 1.50 bits per heavy atom. The standard InChI is InChI=1S/C15H17.2ClH.Ir/c1-10-11(2)13(4)15(12(10)3)14-8-6-5-7-9-14;;;/h5-9H,1-4H3;2*1H;/q;;;+2/p-2. The maximum absolute atomic E-state index is 6.46. The number of halogens is 2. The predicted molar refractivity (Wildman–Crippen MR) is 77.5 cm³/mol. The first kappa shape index (κ1) is 14.3. The Labute approximate surface area is 123 Å². The van der Waals surface area contributed by atoms with Crippen molar-refractivity contribution in [2.45, 2.75) is 31.6 Å². The molecule has 18 heavy (non-hydrogen) atoms. The van der Waals surface area contributed by atoms with Gasteiger partial charge < -0.3 is 0 Å². The summed E-state index contributed by atoms with van der Waals surface area (Å²) in [4.78, 5) is 0. The van der Waals surface area contributed by atoms with Crippen molar-refractivity contribution < 1.29 is 14.5 Å². The molecule has 2 rings (SSSR count). The van der Waals surface area contributed by atoms with Crippen LogP contribution in [0, 0.1) is 0 Å². The summed E-state index contributed by atoms with van der Waals surface area (Å²) in [6, 6.07) is 10.5. The molecule has 0 aromatic heterocycles. The van der Waals surface area contributed by atoms with Crippen molar-refractivity contribution in [1.82, 2.24) is 0 Å². The molecule has 0 bridgehead atoms. The fourth-order valence-electron chi connectivity index (χ4n) is 2.59. The van der Waals surface area contributed by atoms with Crippen LogP contribution in [0.4, 0.5) is 0 Å². The van der Waals surface area contributed by atoms with Crippen molar-refractivity contribution in [3.05, 3.63) is 52.6 Å². The molecule has 1 aromatic rings. The van der Waals surface area contributed by atoms with Crippen molar-refractivity contribution in [2.75, 3.05) is 0 Å². The number of hydrogen-bond acceptors (Lipinski definition) is 0. The van der Waals surface area contributed by atoms with Gasteiger partial charge in [-0.25, -0.2) is 0 Å². The number of rotatable bonds is 2. The molecule has 3 heteroatoms. The van der Waals surface area contributed by atoms with E-state index in [9.17, 15) is 0 Å². The molecule has 1 aliphatic carbocycles. The Bertz CT molecular complexity index is 529. The van der Waals surface area contributed by atoms with E-state index in [0.29, 0.717) is 0 Å². The summed E-state index contributed by atoms with van der Waals surface area (Å²) in [5, 5.41) is 0. The van der Waals surface area contributed by atoms with Gasteiger partial charge in [-0.2, -0.15) is 0 Å². The Morgan fingerprint density at radius 1 is 0.944 bits per heavy atom. The second-order valence-corrected chi connectivity index (χ2v) is 13.6. The second-order valence-electron chi connectivity index (χ2n) is 4.75. The first-order chi connectivity index (χ1) is 8.40. The topological polar surface area (TPSA) is 0 Å². The van der Waals surface area contributed by atoms with E-state index < -0.39 is 14.5 Å². The average Bonchev–Trinajstić information content (AvgIpc) is 2.53. The van der Waals surface area contributed by atoms with Gasteiger partial charge in [0.25, 0.3) is 0 Å². The van der Waals surface area contributed by atoms with Crippen LogP contribution >= 0.6 is 19.2 Å². The molecular weight excluding hydrogens is 443 g/mol. The third-order valence-electron chi connectivity index (χ3n) is 3.96. The average molecular weight is 460 g/mol. The van der Waals surface area contributed by atoms with Crippen LogP contribution in [0.5, 0.6) is 0 Å². The van der Waals surface area contributed by atoms with Gasteiger partial charge in [0.1, 0.15) is 0 Å². The Kier molecular flexibility index (Phi) is 4.09. The summed E-state index contributed by atoms with van der Waals surface area (Å²) in [5.41, 5.74) is 6.62. The third kappa shape index (κ3) is 2.02. The molecular formula is C15H17Cl2Ir. The van der Waals surface area contributed by atoms with Gasteiger partial charge in [0, 0.05) is 0 Å². The molecule has 1 aliphatic rings. The zero-order valence-electron chi connectivity index (χ0n) is 11.0. The van der Waals surface area contributed by atoms with Gasteiger partial charge in [-0.1, -0.05) is 0 Å². The molecule has 1 atom stereocenters. The summed E-state index contributed by atoms with van der Waals surface area (Å²) in [6.07, 6.45) is 0. The van der Waals surface area contributed by atoms with Crippen LogP contribution in [0.2, 0.25) is 3.93 Å². The minimum atomic E-state index is -2.16. The Morgan fingerprint density at radius 3 is 2.00 bits per heavy atom. The van der Waals surface area contributed by atoms with Crippen LogP contribution in [0.1, 0.15) is 33.3 Å². The monoisotopic (exact) mass is 460 g/mol. The molecule has 0 amide bonds. The SMILES string of the molecule is CC1=C(C)[C](C)([Ir]([Cl])[Cl])C(c2ccccc2)=C1C. The van der Waals surface area contributed by atoms with Gasteiger partial charge in [-0.05, 0) is 0 Å². The molecule has 0 spiro atoms. The molecule has 1 aromatic carbocycles. The summed E-state index contributed by atoms with van der Waals surface area (Å²) < 4.78 is -0.126. The van der Waals surface area contributed by atoms with Crippen molar-refractivity contribution in [3.63, 3.8) is 0 Å². The van der Waals surface area contributed by atoms with E-state index in [2.05, 4.69) is 52.0 Å². The van der Waals surface area contributed by atoms with E-state index in [4.69, 9.17) is 19.2 Å². The zero-order chi connectivity index (χ0) is 13.5. The summed E-state index contributed by atoms with van der Waals surface area (Å²) >= 11 is -2.16. The van der Waals surface area contributed by atoms with Crippen molar-refractivity contribution >= 4 is 24.7 Å². The van der Waals surface area contributed by atoms with Gasteiger partial charge in [-0.3, -0.25) is 0 Å². The van der Waals surface area contributed by atoms with Crippen molar-refractivity contribution in [3.8, 4) is 0 Å². The molecule has 0 saturated heterocycles. The van der Waals surface area contributed by atoms with E-state index >= 15 is 0 Å². The number of allylic oxidation sites excluding steroid dienone is 4. The van der Waals surface area contributed by atoms with Gasteiger partial charge in [-0.15, -0.1) is 0 Å². The predicted octanol–water partition coefficient (Wildman–Crippen LogP) is 5.91. The first-order valence-corrected chi connectivity index (χ1v) is 13.0. The number of hydrogen-bond donors (Lipinski definition) is 0. The molecule has 0 saturated carbocycles.